The summed E-state index contributed by atoms with van der Waals surface area (Å²) in [5, 5.41) is 11.8. The predicted octanol–water partition coefficient (Wildman–Crippen LogP) is 3.92. The maximum atomic E-state index is 11.8. The van der Waals surface area contributed by atoms with Crippen LogP contribution in [0.2, 0.25) is 0 Å². The van der Waals surface area contributed by atoms with Crippen LogP contribution in [0, 0.1) is 5.92 Å². The van der Waals surface area contributed by atoms with Gasteiger partial charge >= 0.3 is 0 Å². The van der Waals surface area contributed by atoms with E-state index in [-0.39, 0.29) is 5.92 Å². The molecule has 2 aromatic rings. The molecule has 3 atom stereocenters. The molecule has 0 spiro atoms. The molecule has 3 rings (SSSR count). The second kappa shape index (κ2) is 9.08. The fraction of sp³-hybridized carbons (Fsp3) is 0.500. The Labute approximate surface area is 169 Å². The summed E-state index contributed by atoms with van der Waals surface area (Å²) in [4.78, 5) is 4.74. The van der Waals surface area contributed by atoms with Crippen LogP contribution in [0.25, 0.3) is 0 Å². The summed E-state index contributed by atoms with van der Waals surface area (Å²) >= 11 is 0. The summed E-state index contributed by atoms with van der Waals surface area (Å²) in [5.41, 5.74) is 1.48. The minimum absolute atomic E-state index is 0.126. The first kappa shape index (κ1) is 20.8. The Morgan fingerprint density at radius 1 is 1.18 bits per heavy atom. The van der Waals surface area contributed by atoms with E-state index in [1.54, 1.807) is 7.11 Å². The molecule has 1 saturated heterocycles. The molecule has 152 valence electrons. The van der Waals surface area contributed by atoms with E-state index in [1.165, 1.54) is 5.56 Å². The van der Waals surface area contributed by atoms with Gasteiger partial charge in [-0.1, -0.05) is 49.4 Å². The van der Waals surface area contributed by atoms with Crippen molar-refractivity contribution in [3.8, 4) is 5.75 Å². The summed E-state index contributed by atoms with van der Waals surface area (Å²) in [6.07, 6.45) is 1.79. The summed E-state index contributed by atoms with van der Waals surface area (Å²) < 4.78 is 5.41. The molecule has 2 aromatic carbocycles. The number of likely N-dealkylation sites (tertiary alicyclic amines) is 1. The van der Waals surface area contributed by atoms with E-state index in [4.69, 9.17) is 4.74 Å². The molecule has 1 heterocycles. The van der Waals surface area contributed by atoms with E-state index >= 15 is 0 Å². The summed E-state index contributed by atoms with van der Waals surface area (Å²) in [5.74, 6) is 0.925. The minimum atomic E-state index is -0.843. The van der Waals surface area contributed by atoms with Crippen LogP contribution in [0.3, 0.4) is 0 Å². The van der Waals surface area contributed by atoms with E-state index < -0.39 is 5.60 Å². The van der Waals surface area contributed by atoms with Gasteiger partial charge in [0.05, 0.1) is 12.7 Å². The fourth-order valence-corrected chi connectivity index (χ4v) is 4.63. The number of rotatable bonds is 7. The van der Waals surface area contributed by atoms with E-state index in [1.807, 2.05) is 24.3 Å². The average Bonchev–Trinajstić information content (AvgIpc) is 2.71. The first-order chi connectivity index (χ1) is 13.5. The van der Waals surface area contributed by atoms with Gasteiger partial charge in [-0.3, -0.25) is 4.90 Å². The highest BCUT2D eigenvalue weighted by molar-refractivity contribution is 5.33. The third kappa shape index (κ3) is 4.40. The molecule has 0 radical (unpaired) electrons. The van der Waals surface area contributed by atoms with Crippen molar-refractivity contribution in [2.45, 2.75) is 31.4 Å². The minimum Gasteiger partial charge on any atom is -0.497 e. The summed E-state index contributed by atoms with van der Waals surface area (Å²) in [7, 11) is 5.84. The van der Waals surface area contributed by atoms with Gasteiger partial charge in [0.2, 0.25) is 0 Å². The smallest absolute Gasteiger partial charge is 0.119 e. The van der Waals surface area contributed by atoms with E-state index in [2.05, 4.69) is 61.2 Å². The van der Waals surface area contributed by atoms with Crippen molar-refractivity contribution in [3.63, 3.8) is 0 Å². The van der Waals surface area contributed by atoms with Crippen LogP contribution < -0.4 is 4.74 Å². The highest BCUT2D eigenvalue weighted by Crippen LogP contribution is 2.41. The summed E-state index contributed by atoms with van der Waals surface area (Å²) in [6, 6.07) is 19.1. The molecule has 3 unspecified atom stereocenters. The lowest BCUT2D eigenvalue weighted by Gasteiger charge is -2.48. The number of nitrogens with zero attached hydrogens (tertiary/aromatic N) is 2. The van der Waals surface area contributed by atoms with Crippen molar-refractivity contribution < 1.29 is 9.84 Å². The van der Waals surface area contributed by atoms with Gasteiger partial charge in [0.25, 0.3) is 0 Å². The van der Waals surface area contributed by atoms with Gasteiger partial charge in [-0.15, -0.1) is 0 Å². The van der Waals surface area contributed by atoms with Crippen molar-refractivity contribution in [3.05, 3.63) is 65.7 Å². The predicted molar refractivity (Wildman–Crippen MR) is 115 cm³/mol. The van der Waals surface area contributed by atoms with Crippen LogP contribution in [0.4, 0.5) is 0 Å². The first-order valence-corrected chi connectivity index (χ1v) is 10.3. The molecule has 4 nitrogen and oxygen atoms in total. The van der Waals surface area contributed by atoms with Gasteiger partial charge < -0.3 is 14.7 Å². The molecule has 1 N–H and O–H groups in total. The van der Waals surface area contributed by atoms with Crippen LogP contribution in [0.15, 0.2) is 54.6 Å². The van der Waals surface area contributed by atoms with Crippen molar-refractivity contribution in [1.82, 2.24) is 9.80 Å². The largest absolute Gasteiger partial charge is 0.497 e. The zero-order valence-corrected chi connectivity index (χ0v) is 17.6. The third-order valence-corrected chi connectivity index (χ3v) is 6.08. The number of benzene rings is 2. The van der Waals surface area contributed by atoms with Gasteiger partial charge in [0.1, 0.15) is 5.75 Å². The quantitative estimate of drug-likeness (QED) is 0.787. The Bertz CT molecular complexity index is 749. The Balaban J connectivity index is 1.89. The maximum Gasteiger partial charge on any atom is 0.119 e. The highest BCUT2D eigenvalue weighted by atomic mass is 16.5. The molecular weight excluding hydrogens is 348 g/mol. The lowest BCUT2D eigenvalue weighted by Crippen LogP contribution is -2.53. The molecule has 0 bridgehead atoms. The van der Waals surface area contributed by atoms with Gasteiger partial charge in [-0.25, -0.2) is 0 Å². The van der Waals surface area contributed by atoms with Gasteiger partial charge in [0.15, 0.2) is 0 Å². The van der Waals surface area contributed by atoms with E-state index in [0.29, 0.717) is 6.04 Å². The number of ether oxygens (including phenoxy) is 1. The van der Waals surface area contributed by atoms with E-state index in [0.717, 1.165) is 43.8 Å². The Hall–Kier alpha value is -1.88. The number of hydrogen-bond donors (Lipinski definition) is 1. The van der Waals surface area contributed by atoms with Crippen LogP contribution >= 0.6 is 0 Å². The maximum absolute atomic E-state index is 11.8. The SMILES string of the molecule is CCC(c1ccccc1)N1CCC(O)(c2cccc(OC)c2)C(CN(C)C)C1. The average molecular weight is 383 g/mol. The van der Waals surface area contributed by atoms with Crippen LogP contribution in [-0.4, -0.2) is 55.7 Å². The van der Waals surface area contributed by atoms with E-state index in [9.17, 15) is 5.11 Å². The molecule has 1 aliphatic rings. The zero-order chi connectivity index (χ0) is 20.1. The molecule has 28 heavy (non-hydrogen) atoms. The molecular formula is C24H34N2O2. The molecule has 0 saturated carbocycles. The lowest BCUT2D eigenvalue weighted by molar-refractivity contribution is -0.0933. The standard InChI is InChI=1S/C24H34N2O2/c1-5-23(19-10-7-6-8-11-19)26-15-14-24(27,21(18-26)17-25(2)3)20-12-9-13-22(16-20)28-4/h6-13,16,21,23,27H,5,14-15,17-18H2,1-4H3. The van der Waals surface area contributed by atoms with Crippen molar-refractivity contribution >= 4 is 0 Å². The lowest BCUT2D eigenvalue weighted by atomic mass is 9.75. The molecule has 1 aliphatic heterocycles. The fourth-order valence-electron chi connectivity index (χ4n) is 4.63. The van der Waals surface area contributed by atoms with Gasteiger partial charge in [-0.05, 0) is 50.2 Å². The zero-order valence-electron chi connectivity index (χ0n) is 17.6. The molecule has 0 amide bonds. The first-order valence-electron chi connectivity index (χ1n) is 10.3. The molecule has 0 aliphatic carbocycles. The number of piperidine rings is 1. The van der Waals surface area contributed by atoms with Gasteiger partial charge in [0, 0.05) is 31.6 Å². The van der Waals surface area contributed by atoms with Crippen LogP contribution in [0.5, 0.6) is 5.75 Å². The second-order valence-electron chi connectivity index (χ2n) is 8.20. The second-order valence-corrected chi connectivity index (χ2v) is 8.20. The Morgan fingerprint density at radius 2 is 1.93 bits per heavy atom. The Morgan fingerprint density at radius 3 is 2.57 bits per heavy atom. The van der Waals surface area contributed by atoms with Crippen LogP contribution in [0.1, 0.15) is 36.9 Å². The number of hydrogen-bond acceptors (Lipinski definition) is 4. The topological polar surface area (TPSA) is 35.9 Å². The number of methoxy groups -OCH3 is 1. The van der Waals surface area contributed by atoms with Crippen molar-refractivity contribution in [1.29, 1.82) is 0 Å². The van der Waals surface area contributed by atoms with Gasteiger partial charge in [-0.2, -0.15) is 0 Å². The molecule has 0 aromatic heterocycles. The van der Waals surface area contributed by atoms with Crippen molar-refractivity contribution in [2.24, 2.45) is 5.92 Å². The third-order valence-electron chi connectivity index (χ3n) is 6.08. The molecule has 4 heteroatoms. The van der Waals surface area contributed by atoms with Crippen molar-refractivity contribution in [2.75, 3.05) is 40.8 Å². The molecule has 1 fully saturated rings. The summed E-state index contributed by atoms with van der Waals surface area (Å²) in [6.45, 7) is 4.85. The normalized spacial score (nSPS) is 24.3. The van der Waals surface area contributed by atoms with Crippen LogP contribution in [-0.2, 0) is 5.60 Å². The monoisotopic (exact) mass is 382 g/mol. The Kier molecular flexibility index (Phi) is 6.76. The highest BCUT2D eigenvalue weighted by Gasteiger charge is 2.44. The number of aliphatic hydroxyl groups is 1.